The number of carbonyl (C=O) groups excluding carboxylic acids is 1. The van der Waals surface area contributed by atoms with E-state index in [0.29, 0.717) is 34.3 Å². The highest BCUT2D eigenvalue weighted by Crippen LogP contribution is 2.33. The Balaban J connectivity index is 0.00000280. The summed E-state index contributed by atoms with van der Waals surface area (Å²) in [5.74, 6) is 0.0497. The molecule has 0 fully saturated rings. The van der Waals surface area contributed by atoms with Gasteiger partial charge in [0, 0.05) is 20.2 Å². The minimum absolute atomic E-state index is 0. The van der Waals surface area contributed by atoms with Crippen molar-refractivity contribution < 1.29 is 25.5 Å². The zero-order chi connectivity index (χ0) is 27.6. The average Bonchev–Trinajstić information content (AvgIpc) is 2.85. The number of sulfonamides is 1. The Morgan fingerprint density at radius 1 is 0.895 bits per heavy atom. The Hall–Kier alpha value is -4.31. The number of nitrogens with zero attached hydrogens (tertiary/aromatic N) is 3. The second-order valence-corrected chi connectivity index (χ2v) is 10.5. The molecular formula is C28H32N4O5S. The molecule has 0 aliphatic heterocycles. The maximum atomic E-state index is 13.3. The number of hydrogen-bond acceptors (Lipinski definition) is 8. The molecular weight excluding hydrogens is 504 g/mol. The summed E-state index contributed by atoms with van der Waals surface area (Å²) in [6.07, 6.45) is 0. The molecule has 3 heterocycles. The van der Waals surface area contributed by atoms with Gasteiger partial charge in [-0.3, -0.25) is 4.79 Å². The van der Waals surface area contributed by atoms with E-state index in [1.807, 2.05) is 45.9 Å². The Kier molecular flexibility index (Phi) is 7.45. The number of methoxy groups -OCH3 is 1. The summed E-state index contributed by atoms with van der Waals surface area (Å²) < 4.78 is 39.3. The van der Waals surface area contributed by atoms with Crippen molar-refractivity contribution in [3.8, 4) is 28.8 Å². The number of aromatic nitrogens is 3. The lowest BCUT2D eigenvalue weighted by atomic mass is 10.1. The average molecular weight is 537 g/mol. The third kappa shape index (κ3) is 5.65. The van der Waals surface area contributed by atoms with Crippen LogP contribution < -0.4 is 14.2 Å². The molecule has 4 aromatic rings. The van der Waals surface area contributed by atoms with Gasteiger partial charge < -0.3 is 9.47 Å². The molecule has 1 aromatic carbocycles. The maximum absolute atomic E-state index is 13.3. The molecule has 0 unspecified atom stereocenters. The third-order valence-corrected chi connectivity index (χ3v) is 7.05. The molecule has 0 aliphatic carbocycles. The number of benzene rings is 1. The minimum atomic E-state index is -4.24. The molecule has 0 saturated heterocycles. The second kappa shape index (κ2) is 10.6. The summed E-state index contributed by atoms with van der Waals surface area (Å²) in [6, 6.07) is 15.1. The minimum Gasteiger partial charge on any atom is -0.481 e. The van der Waals surface area contributed by atoms with Gasteiger partial charge in [0.1, 0.15) is 11.3 Å². The predicted octanol–water partition coefficient (Wildman–Crippen LogP) is 5.49. The number of nitrogens with one attached hydrogen (secondary N) is 1. The van der Waals surface area contributed by atoms with Crippen LogP contribution in [-0.4, -0.2) is 36.4 Å². The molecule has 38 heavy (non-hydrogen) atoms. The first-order chi connectivity index (χ1) is 18.0. The number of ether oxygens (including phenoxy) is 2. The molecule has 10 heteroatoms. The molecule has 1 N–H and O–H groups in total. The topological polar surface area (TPSA) is 120 Å². The highest BCUT2D eigenvalue weighted by Gasteiger charge is 2.25. The Morgan fingerprint density at radius 3 is 2.24 bits per heavy atom. The number of carbonyl (C=O) groups is 1. The molecule has 0 atom stereocenters. The van der Waals surface area contributed by atoms with Gasteiger partial charge in [-0.1, -0.05) is 23.8 Å². The van der Waals surface area contributed by atoms with Gasteiger partial charge in [-0.25, -0.2) is 19.7 Å². The van der Waals surface area contributed by atoms with Crippen molar-refractivity contribution >= 4 is 15.9 Å². The predicted molar refractivity (Wildman–Crippen MR) is 147 cm³/mol. The van der Waals surface area contributed by atoms with Crippen LogP contribution in [0.3, 0.4) is 0 Å². The van der Waals surface area contributed by atoms with Crippen molar-refractivity contribution in [2.45, 2.75) is 39.6 Å². The SMILES string of the molecule is COc1ccc(-c2ccc(C(=O)NS(=O)(=O)c3cccc(C)n3)c(Oc3c(C)cc(C)cc3C)n2)c(C)n1.[HH].[HH]. The Morgan fingerprint density at radius 2 is 1.61 bits per heavy atom. The van der Waals surface area contributed by atoms with E-state index in [2.05, 4.69) is 19.7 Å². The first-order valence-electron chi connectivity index (χ1n) is 11.8. The van der Waals surface area contributed by atoms with Gasteiger partial charge in [0.2, 0.25) is 11.8 Å². The standard InChI is InChI=1S/C28H28N4O5S.2H2/c1-16-14-17(2)26(18(3)15-16)37-28-22(27(33)32-38(34,35)25-9-7-8-19(4)29-25)10-12-23(31-28)21-11-13-24(36-6)30-20(21)5;;/h7-15H,1-6H3,(H,32,33);2*1H. The number of hydrogen-bond donors (Lipinski definition) is 1. The van der Waals surface area contributed by atoms with Crippen LogP contribution in [0.15, 0.2) is 59.6 Å². The molecule has 9 nitrogen and oxygen atoms in total. The van der Waals surface area contributed by atoms with Crippen LogP contribution in [-0.2, 0) is 10.0 Å². The van der Waals surface area contributed by atoms with Crippen LogP contribution in [0.5, 0.6) is 17.5 Å². The second-order valence-electron chi connectivity index (χ2n) is 8.92. The fourth-order valence-electron chi connectivity index (χ4n) is 4.08. The van der Waals surface area contributed by atoms with Crippen LogP contribution >= 0.6 is 0 Å². The molecule has 0 radical (unpaired) electrons. The van der Waals surface area contributed by atoms with Crippen LogP contribution in [0.1, 0.15) is 41.3 Å². The van der Waals surface area contributed by atoms with Gasteiger partial charge in [0.05, 0.1) is 18.5 Å². The summed E-state index contributed by atoms with van der Waals surface area (Å²) in [5, 5.41) is -0.261. The molecule has 0 bridgehead atoms. The summed E-state index contributed by atoms with van der Waals surface area (Å²) in [5.41, 5.74) is 5.07. The third-order valence-electron chi connectivity index (χ3n) is 5.82. The van der Waals surface area contributed by atoms with Crippen molar-refractivity contribution in [2.24, 2.45) is 0 Å². The van der Waals surface area contributed by atoms with E-state index in [-0.39, 0.29) is 19.3 Å². The number of rotatable bonds is 7. The zero-order valence-corrected chi connectivity index (χ0v) is 22.8. The van der Waals surface area contributed by atoms with Crippen LogP contribution in [0.4, 0.5) is 0 Å². The van der Waals surface area contributed by atoms with Crippen molar-refractivity contribution in [2.75, 3.05) is 7.11 Å². The largest absolute Gasteiger partial charge is 0.481 e. The maximum Gasteiger partial charge on any atom is 0.281 e. The van der Waals surface area contributed by atoms with Crippen LogP contribution in [0.2, 0.25) is 0 Å². The number of aryl methyl sites for hydroxylation is 5. The summed E-state index contributed by atoms with van der Waals surface area (Å²) in [4.78, 5) is 26.3. The Labute approximate surface area is 224 Å². The summed E-state index contributed by atoms with van der Waals surface area (Å²) >= 11 is 0. The van der Waals surface area contributed by atoms with Gasteiger partial charge in [-0.05, 0) is 76.1 Å². The van der Waals surface area contributed by atoms with Gasteiger partial charge in [-0.2, -0.15) is 8.42 Å². The quantitative estimate of drug-likeness (QED) is 0.329. The highest BCUT2D eigenvalue weighted by molar-refractivity contribution is 7.90. The number of amides is 1. The summed E-state index contributed by atoms with van der Waals surface area (Å²) in [7, 11) is -2.70. The van der Waals surface area contributed by atoms with E-state index in [1.54, 1.807) is 31.2 Å². The lowest BCUT2D eigenvalue weighted by Crippen LogP contribution is -2.31. The zero-order valence-electron chi connectivity index (χ0n) is 22.0. The fraction of sp³-hybridized carbons (Fsp3) is 0.214. The van der Waals surface area contributed by atoms with E-state index >= 15 is 0 Å². The first kappa shape index (κ1) is 26.7. The van der Waals surface area contributed by atoms with Crippen molar-refractivity contribution in [3.05, 3.63) is 88.2 Å². The van der Waals surface area contributed by atoms with Gasteiger partial charge >= 0.3 is 0 Å². The molecule has 4 rings (SSSR count). The monoisotopic (exact) mass is 536 g/mol. The van der Waals surface area contributed by atoms with E-state index in [1.165, 1.54) is 19.2 Å². The first-order valence-corrected chi connectivity index (χ1v) is 13.3. The summed E-state index contributed by atoms with van der Waals surface area (Å²) in [6.45, 7) is 9.24. The number of pyridine rings is 3. The van der Waals surface area contributed by atoms with Crippen molar-refractivity contribution in [1.29, 1.82) is 0 Å². The van der Waals surface area contributed by atoms with E-state index in [0.717, 1.165) is 16.7 Å². The van der Waals surface area contributed by atoms with E-state index in [9.17, 15) is 13.2 Å². The van der Waals surface area contributed by atoms with Gasteiger partial charge in [0.15, 0.2) is 5.03 Å². The van der Waals surface area contributed by atoms with Gasteiger partial charge in [-0.15, -0.1) is 0 Å². The molecule has 0 spiro atoms. The molecule has 1 amide bonds. The lowest BCUT2D eigenvalue weighted by Gasteiger charge is -2.16. The van der Waals surface area contributed by atoms with Crippen molar-refractivity contribution in [3.63, 3.8) is 0 Å². The Bertz CT molecular complexity index is 1640. The normalized spacial score (nSPS) is 11.2. The van der Waals surface area contributed by atoms with Gasteiger partial charge in [0.25, 0.3) is 15.9 Å². The van der Waals surface area contributed by atoms with Crippen LogP contribution in [0.25, 0.3) is 11.3 Å². The van der Waals surface area contributed by atoms with Crippen LogP contribution in [0, 0.1) is 34.6 Å². The molecule has 200 valence electrons. The molecule has 0 saturated carbocycles. The lowest BCUT2D eigenvalue weighted by molar-refractivity contribution is 0.0978. The molecule has 0 aliphatic rings. The fourth-order valence-corrected chi connectivity index (χ4v) is 5.07. The molecule has 3 aromatic heterocycles. The van der Waals surface area contributed by atoms with Crippen molar-refractivity contribution in [1.82, 2.24) is 19.7 Å². The van der Waals surface area contributed by atoms with E-state index < -0.39 is 15.9 Å². The van der Waals surface area contributed by atoms with E-state index in [4.69, 9.17) is 9.47 Å². The smallest absolute Gasteiger partial charge is 0.281 e. The highest BCUT2D eigenvalue weighted by atomic mass is 32.2.